The second kappa shape index (κ2) is 7.25. The van der Waals surface area contributed by atoms with E-state index in [2.05, 4.69) is 5.32 Å². The van der Waals surface area contributed by atoms with Crippen molar-refractivity contribution in [1.82, 2.24) is 5.32 Å². The average Bonchev–Trinajstić information content (AvgIpc) is 2.39. The van der Waals surface area contributed by atoms with Crippen molar-refractivity contribution < 1.29 is 19.7 Å². The standard InChI is InChI=1S/C13H19NO4S/c1-8(12(7-15)19-3)14-13(17)10-5-4-9(18-2)6-11(10)16/h4-6,8,12,15-16H,7H2,1-3H3,(H,14,17). The van der Waals surface area contributed by atoms with Crippen molar-refractivity contribution >= 4 is 17.7 Å². The molecular weight excluding hydrogens is 266 g/mol. The third-order valence-corrected chi connectivity index (χ3v) is 4.01. The maximum absolute atomic E-state index is 12.0. The maximum Gasteiger partial charge on any atom is 0.255 e. The molecule has 0 bridgehead atoms. The second-order valence-electron chi connectivity index (χ2n) is 4.10. The van der Waals surface area contributed by atoms with Crippen molar-refractivity contribution in [3.8, 4) is 11.5 Å². The van der Waals surface area contributed by atoms with Crippen LogP contribution in [0.3, 0.4) is 0 Å². The van der Waals surface area contributed by atoms with Crippen LogP contribution in [-0.4, -0.2) is 47.4 Å². The van der Waals surface area contributed by atoms with Gasteiger partial charge in [0.05, 0.1) is 19.3 Å². The number of phenolic OH excluding ortho intramolecular Hbond substituents is 1. The predicted octanol–water partition coefficient (Wildman–Crippen LogP) is 1.24. The van der Waals surface area contributed by atoms with Gasteiger partial charge in [0.2, 0.25) is 0 Å². The summed E-state index contributed by atoms with van der Waals surface area (Å²) in [6, 6.07) is 4.30. The lowest BCUT2D eigenvalue weighted by Crippen LogP contribution is -2.41. The highest BCUT2D eigenvalue weighted by atomic mass is 32.2. The molecule has 3 N–H and O–H groups in total. The van der Waals surface area contributed by atoms with Gasteiger partial charge in [-0.2, -0.15) is 11.8 Å². The van der Waals surface area contributed by atoms with Crippen LogP contribution >= 0.6 is 11.8 Å². The van der Waals surface area contributed by atoms with E-state index in [1.165, 1.54) is 31.0 Å². The molecule has 106 valence electrons. The third-order valence-electron chi connectivity index (χ3n) is 2.85. The Morgan fingerprint density at radius 3 is 2.68 bits per heavy atom. The summed E-state index contributed by atoms with van der Waals surface area (Å²) in [5.74, 6) is -0.0200. The van der Waals surface area contributed by atoms with E-state index in [1.807, 2.05) is 13.2 Å². The van der Waals surface area contributed by atoms with E-state index in [4.69, 9.17) is 9.84 Å². The van der Waals surface area contributed by atoms with Crippen LogP contribution in [0.1, 0.15) is 17.3 Å². The van der Waals surface area contributed by atoms with Gasteiger partial charge in [0.15, 0.2) is 0 Å². The number of methoxy groups -OCH3 is 1. The molecule has 1 aromatic carbocycles. The molecule has 0 saturated carbocycles. The Morgan fingerprint density at radius 2 is 2.21 bits per heavy atom. The fraction of sp³-hybridized carbons (Fsp3) is 0.462. The number of ether oxygens (including phenoxy) is 1. The number of nitrogens with one attached hydrogen (secondary N) is 1. The van der Waals surface area contributed by atoms with Gasteiger partial charge >= 0.3 is 0 Å². The van der Waals surface area contributed by atoms with Crippen LogP contribution in [0.5, 0.6) is 11.5 Å². The molecule has 0 aliphatic heterocycles. The number of aliphatic hydroxyl groups excluding tert-OH is 1. The minimum Gasteiger partial charge on any atom is -0.507 e. The van der Waals surface area contributed by atoms with E-state index >= 15 is 0 Å². The summed E-state index contributed by atoms with van der Waals surface area (Å²) in [6.45, 7) is 1.80. The van der Waals surface area contributed by atoms with Crippen molar-refractivity contribution in [3.05, 3.63) is 23.8 Å². The largest absolute Gasteiger partial charge is 0.507 e. The zero-order chi connectivity index (χ0) is 14.4. The van der Waals surface area contributed by atoms with Gasteiger partial charge in [0.1, 0.15) is 11.5 Å². The van der Waals surface area contributed by atoms with Crippen LogP contribution in [-0.2, 0) is 0 Å². The lowest BCUT2D eigenvalue weighted by Gasteiger charge is -2.21. The molecule has 2 atom stereocenters. The highest BCUT2D eigenvalue weighted by Crippen LogP contribution is 2.23. The smallest absolute Gasteiger partial charge is 0.255 e. The zero-order valence-electron chi connectivity index (χ0n) is 11.2. The van der Waals surface area contributed by atoms with Crippen molar-refractivity contribution in [2.75, 3.05) is 20.0 Å². The van der Waals surface area contributed by atoms with E-state index in [-0.39, 0.29) is 35.1 Å². The van der Waals surface area contributed by atoms with E-state index in [0.717, 1.165) is 0 Å². The molecule has 1 aromatic rings. The normalized spacial score (nSPS) is 13.7. The molecule has 2 unspecified atom stereocenters. The number of benzene rings is 1. The summed E-state index contributed by atoms with van der Waals surface area (Å²) in [6.07, 6.45) is 1.87. The summed E-state index contributed by atoms with van der Waals surface area (Å²) in [5, 5.41) is 21.6. The predicted molar refractivity (Wildman–Crippen MR) is 76.0 cm³/mol. The van der Waals surface area contributed by atoms with Crippen LogP contribution in [0, 0.1) is 0 Å². The van der Waals surface area contributed by atoms with Crippen molar-refractivity contribution in [1.29, 1.82) is 0 Å². The van der Waals surface area contributed by atoms with Gasteiger partial charge in [-0.05, 0) is 25.3 Å². The van der Waals surface area contributed by atoms with Crippen LogP contribution in [0.4, 0.5) is 0 Å². The first-order valence-electron chi connectivity index (χ1n) is 5.85. The molecular formula is C13H19NO4S. The lowest BCUT2D eigenvalue weighted by molar-refractivity contribution is 0.0933. The van der Waals surface area contributed by atoms with Gasteiger partial charge in [0, 0.05) is 17.4 Å². The minimum absolute atomic E-state index is 0.0167. The first kappa shape index (κ1) is 15.7. The Balaban J connectivity index is 2.78. The fourth-order valence-electron chi connectivity index (χ4n) is 1.64. The van der Waals surface area contributed by atoms with Crippen LogP contribution in [0.25, 0.3) is 0 Å². The fourth-order valence-corrected chi connectivity index (χ4v) is 2.27. The molecule has 0 heterocycles. The summed E-state index contributed by atoms with van der Waals surface area (Å²) in [7, 11) is 1.49. The number of thioether (sulfide) groups is 1. The summed E-state index contributed by atoms with van der Waals surface area (Å²) < 4.78 is 4.96. The molecule has 0 aliphatic carbocycles. The quantitative estimate of drug-likeness (QED) is 0.733. The Labute approximate surface area is 117 Å². The van der Waals surface area contributed by atoms with E-state index in [9.17, 15) is 9.90 Å². The minimum atomic E-state index is -0.375. The lowest BCUT2D eigenvalue weighted by atomic mass is 10.1. The van der Waals surface area contributed by atoms with Crippen LogP contribution in [0.2, 0.25) is 0 Å². The number of amides is 1. The number of phenols is 1. The number of aromatic hydroxyl groups is 1. The van der Waals surface area contributed by atoms with Crippen molar-refractivity contribution in [2.45, 2.75) is 18.2 Å². The highest BCUT2D eigenvalue weighted by molar-refractivity contribution is 7.99. The highest BCUT2D eigenvalue weighted by Gasteiger charge is 2.19. The molecule has 0 aliphatic rings. The Morgan fingerprint density at radius 1 is 1.53 bits per heavy atom. The first-order valence-corrected chi connectivity index (χ1v) is 7.13. The molecule has 0 spiro atoms. The van der Waals surface area contributed by atoms with Gasteiger partial charge in [-0.3, -0.25) is 4.79 Å². The van der Waals surface area contributed by atoms with Crippen LogP contribution < -0.4 is 10.1 Å². The molecule has 0 fully saturated rings. The monoisotopic (exact) mass is 285 g/mol. The first-order chi connectivity index (χ1) is 9.03. The van der Waals surface area contributed by atoms with Gasteiger partial charge in [0.25, 0.3) is 5.91 Å². The maximum atomic E-state index is 12.0. The van der Waals surface area contributed by atoms with Crippen molar-refractivity contribution in [2.24, 2.45) is 0 Å². The number of carbonyl (C=O) groups excluding carboxylic acids is 1. The topological polar surface area (TPSA) is 78.8 Å². The number of aliphatic hydroxyl groups is 1. The average molecular weight is 285 g/mol. The molecule has 6 heteroatoms. The number of rotatable bonds is 6. The Hall–Kier alpha value is -1.40. The number of hydrogen-bond acceptors (Lipinski definition) is 5. The molecule has 0 saturated heterocycles. The third kappa shape index (κ3) is 4.04. The molecule has 1 rings (SSSR count). The molecule has 1 amide bonds. The summed E-state index contributed by atoms with van der Waals surface area (Å²) in [5.41, 5.74) is 0.186. The number of carbonyl (C=O) groups is 1. The summed E-state index contributed by atoms with van der Waals surface area (Å²) in [4.78, 5) is 12.0. The van der Waals surface area contributed by atoms with Crippen LogP contribution in [0.15, 0.2) is 18.2 Å². The molecule has 0 radical (unpaired) electrons. The van der Waals surface area contributed by atoms with Crippen molar-refractivity contribution in [3.63, 3.8) is 0 Å². The van der Waals surface area contributed by atoms with Gasteiger partial charge in [-0.1, -0.05) is 0 Å². The zero-order valence-corrected chi connectivity index (χ0v) is 12.0. The number of hydrogen-bond donors (Lipinski definition) is 3. The van der Waals surface area contributed by atoms with Gasteiger partial charge in [-0.25, -0.2) is 0 Å². The molecule has 0 aromatic heterocycles. The van der Waals surface area contributed by atoms with E-state index in [1.54, 1.807) is 6.07 Å². The van der Waals surface area contributed by atoms with Gasteiger partial charge in [-0.15, -0.1) is 0 Å². The molecule has 5 nitrogen and oxygen atoms in total. The van der Waals surface area contributed by atoms with E-state index in [0.29, 0.717) is 5.75 Å². The SMILES string of the molecule is COc1ccc(C(=O)NC(C)C(CO)SC)c(O)c1. The van der Waals surface area contributed by atoms with E-state index < -0.39 is 0 Å². The second-order valence-corrected chi connectivity index (χ2v) is 5.18. The summed E-state index contributed by atoms with van der Waals surface area (Å²) >= 11 is 1.48. The Kier molecular flexibility index (Phi) is 5.98. The Bertz CT molecular complexity index is 435. The van der Waals surface area contributed by atoms with Gasteiger partial charge < -0.3 is 20.3 Å². The molecule has 19 heavy (non-hydrogen) atoms.